The molecule has 1 aliphatic rings. The van der Waals surface area contributed by atoms with Gasteiger partial charge in [0.25, 0.3) is 5.91 Å². The molecule has 0 spiro atoms. The first-order valence-electron chi connectivity index (χ1n) is 9.32. The third-order valence-electron chi connectivity index (χ3n) is 4.32. The van der Waals surface area contributed by atoms with Crippen LogP contribution in [0.1, 0.15) is 29.9 Å². The molecule has 27 heavy (non-hydrogen) atoms. The lowest BCUT2D eigenvalue weighted by atomic mass is 10.1. The first-order chi connectivity index (χ1) is 13.1. The van der Waals surface area contributed by atoms with Gasteiger partial charge in [-0.05, 0) is 30.2 Å². The topological polar surface area (TPSA) is 63.7 Å². The van der Waals surface area contributed by atoms with Crippen LogP contribution in [0.5, 0.6) is 5.75 Å². The Kier molecular flexibility index (Phi) is 7.20. The Morgan fingerprint density at radius 2 is 2.22 bits per heavy atom. The van der Waals surface area contributed by atoms with Gasteiger partial charge in [-0.2, -0.15) is 0 Å². The van der Waals surface area contributed by atoms with Gasteiger partial charge in [-0.25, -0.2) is 4.98 Å². The van der Waals surface area contributed by atoms with E-state index in [4.69, 9.17) is 9.47 Å². The van der Waals surface area contributed by atoms with E-state index in [1.165, 1.54) is 0 Å². The lowest BCUT2D eigenvalue weighted by Crippen LogP contribution is -2.48. The third kappa shape index (κ3) is 6.30. The van der Waals surface area contributed by atoms with Crippen molar-refractivity contribution in [1.29, 1.82) is 0 Å². The van der Waals surface area contributed by atoms with Crippen molar-refractivity contribution in [2.75, 3.05) is 32.8 Å². The number of carbonyl (C=O) groups is 1. The third-order valence-corrected chi connectivity index (χ3v) is 4.96. The molecule has 2 heterocycles. The second-order valence-electron chi connectivity index (χ2n) is 7.15. The molecule has 1 N–H and O–H groups in total. The number of aromatic nitrogens is 1. The Labute approximate surface area is 164 Å². The predicted octanol–water partition coefficient (Wildman–Crippen LogP) is 2.81. The number of hydrogen-bond acceptors (Lipinski definition) is 6. The van der Waals surface area contributed by atoms with Crippen molar-refractivity contribution in [2.45, 2.75) is 26.6 Å². The minimum Gasteiger partial charge on any atom is -0.487 e. The quantitative estimate of drug-likeness (QED) is 0.752. The molecule has 0 radical (unpaired) electrons. The molecule has 1 saturated heterocycles. The highest BCUT2D eigenvalue weighted by atomic mass is 32.1. The summed E-state index contributed by atoms with van der Waals surface area (Å²) in [4.78, 5) is 19.0. The number of ether oxygens (including phenoxy) is 2. The van der Waals surface area contributed by atoms with Crippen LogP contribution in [0.3, 0.4) is 0 Å². The second kappa shape index (κ2) is 9.82. The summed E-state index contributed by atoms with van der Waals surface area (Å²) in [6.07, 6.45) is 0.0437. The van der Waals surface area contributed by atoms with E-state index in [0.717, 1.165) is 37.7 Å². The summed E-state index contributed by atoms with van der Waals surface area (Å²) in [6, 6.07) is 7.17. The fourth-order valence-corrected chi connectivity index (χ4v) is 3.61. The number of thiazole rings is 1. The van der Waals surface area contributed by atoms with E-state index in [1.807, 2.05) is 17.5 Å². The lowest BCUT2D eigenvalue weighted by Gasteiger charge is -2.33. The summed E-state index contributed by atoms with van der Waals surface area (Å²) in [5.74, 6) is 1.26. The summed E-state index contributed by atoms with van der Waals surface area (Å²) >= 11 is 1.54. The Bertz CT molecular complexity index is 704. The molecule has 0 aliphatic carbocycles. The van der Waals surface area contributed by atoms with Gasteiger partial charge in [0.15, 0.2) is 0 Å². The molecule has 3 rings (SSSR count). The molecule has 6 nitrogen and oxygen atoms in total. The molecule has 1 unspecified atom stereocenters. The fourth-order valence-electron chi connectivity index (χ4n) is 3.06. The number of nitrogens with zero attached hydrogens (tertiary/aromatic N) is 2. The van der Waals surface area contributed by atoms with Crippen molar-refractivity contribution in [3.63, 3.8) is 0 Å². The lowest BCUT2D eigenvalue weighted by molar-refractivity contribution is -0.0295. The van der Waals surface area contributed by atoms with Gasteiger partial charge in [0.2, 0.25) is 0 Å². The van der Waals surface area contributed by atoms with Crippen LogP contribution in [0.2, 0.25) is 0 Å². The average molecular weight is 390 g/mol. The van der Waals surface area contributed by atoms with Gasteiger partial charge < -0.3 is 14.8 Å². The van der Waals surface area contributed by atoms with Gasteiger partial charge >= 0.3 is 0 Å². The molecule has 1 aliphatic heterocycles. The van der Waals surface area contributed by atoms with Crippen molar-refractivity contribution >= 4 is 17.2 Å². The van der Waals surface area contributed by atoms with Gasteiger partial charge in [0.05, 0.1) is 23.9 Å². The summed E-state index contributed by atoms with van der Waals surface area (Å²) in [6.45, 7) is 9.00. The minimum atomic E-state index is -0.0920. The van der Waals surface area contributed by atoms with E-state index in [-0.39, 0.29) is 12.0 Å². The van der Waals surface area contributed by atoms with Crippen LogP contribution in [0, 0.1) is 5.92 Å². The van der Waals surface area contributed by atoms with Gasteiger partial charge in [-0.15, -0.1) is 11.3 Å². The summed E-state index contributed by atoms with van der Waals surface area (Å²) in [5.41, 5.74) is 3.30. The average Bonchev–Trinajstić information content (AvgIpc) is 3.18. The van der Waals surface area contributed by atoms with Crippen LogP contribution < -0.4 is 10.1 Å². The minimum absolute atomic E-state index is 0.0437. The maximum atomic E-state index is 12.4. The molecule has 7 heteroatoms. The Morgan fingerprint density at radius 3 is 2.93 bits per heavy atom. The molecular weight excluding hydrogens is 362 g/mol. The van der Waals surface area contributed by atoms with Crippen LogP contribution >= 0.6 is 11.3 Å². The SMILES string of the molecule is CC(C)CN1CCOC(CNC(=O)c2ccc(OCc3cscn3)cc2)C1. The first kappa shape index (κ1) is 19.8. The molecule has 1 amide bonds. The number of morpholine rings is 1. The van der Waals surface area contributed by atoms with Gasteiger partial charge in [-0.1, -0.05) is 13.8 Å². The van der Waals surface area contributed by atoms with Crippen LogP contribution in [-0.2, 0) is 11.3 Å². The molecule has 0 saturated carbocycles. The molecule has 0 bridgehead atoms. The highest BCUT2D eigenvalue weighted by Crippen LogP contribution is 2.15. The highest BCUT2D eigenvalue weighted by molar-refractivity contribution is 7.07. The summed E-state index contributed by atoms with van der Waals surface area (Å²) in [5, 5.41) is 4.93. The fraction of sp³-hybridized carbons (Fsp3) is 0.500. The zero-order valence-electron chi connectivity index (χ0n) is 15.9. The molecule has 1 atom stereocenters. The highest BCUT2D eigenvalue weighted by Gasteiger charge is 2.21. The number of benzene rings is 1. The monoisotopic (exact) mass is 389 g/mol. The number of nitrogens with one attached hydrogen (secondary N) is 1. The van der Waals surface area contributed by atoms with Crippen LogP contribution in [-0.4, -0.2) is 54.7 Å². The van der Waals surface area contributed by atoms with Crippen LogP contribution in [0.4, 0.5) is 0 Å². The van der Waals surface area contributed by atoms with E-state index in [2.05, 4.69) is 29.0 Å². The Morgan fingerprint density at radius 1 is 1.41 bits per heavy atom. The van der Waals surface area contributed by atoms with E-state index < -0.39 is 0 Å². The predicted molar refractivity (Wildman–Crippen MR) is 106 cm³/mol. The van der Waals surface area contributed by atoms with Gasteiger partial charge in [0, 0.05) is 37.1 Å². The largest absolute Gasteiger partial charge is 0.487 e. The molecular formula is C20H27N3O3S. The smallest absolute Gasteiger partial charge is 0.251 e. The number of carbonyl (C=O) groups excluding carboxylic acids is 1. The molecule has 1 fully saturated rings. The van der Waals surface area contributed by atoms with E-state index >= 15 is 0 Å². The van der Waals surface area contributed by atoms with Gasteiger partial charge in [-0.3, -0.25) is 9.69 Å². The zero-order chi connectivity index (χ0) is 19.1. The van der Waals surface area contributed by atoms with Crippen molar-refractivity contribution in [3.05, 3.63) is 46.4 Å². The molecule has 2 aromatic rings. The molecule has 1 aromatic carbocycles. The number of amides is 1. The Hall–Kier alpha value is -1.96. The van der Waals surface area contributed by atoms with E-state index in [0.29, 0.717) is 24.6 Å². The maximum absolute atomic E-state index is 12.4. The van der Waals surface area contributed by atoms with Crippen LogP contribution in [0.25, 0.3) is 0 Å². The first-order valence-corrected chi connectivity index (χ1v) is 10.3. The van der Waals surface area contributed by atoms with Crippen LogP contribution in [0.15, 0.2) is 35.2 Å². The molecule has 1 aromatic heterocycles. The normalized spacial score (nSPS) is 17.8. The number of hydrogen-bond donors (Lipinski definition) is 1. The van der Waals surface area contributed by atoms with Crippen molar-refractivity contribution in [2.24, 2.45) is 5.92 Å². The standard InChI is InChI=1S/C20H27N3O3S/c1-15(2)10-23-7-8-25-19(11-23)9-21-20(24)16-3-5-18(6-4-16)26-12-17-13-27-14-22-17/h3-6,13-15,19H,7-12H2,1-2H3,(H,21,24). The van der Waals surface area contributed by atoms with Crippen molar-refractivity contribution < 1.29 is 14.3 Å². The zero-order valence-corrected chi connectivity index (χ0v) is 16.7. The Balaban J connectivity index is 1.43. The van der Waals surface area contributed by atoms with Gasteiger partial charge in [0.1, 0.15) is 12.4 Å². The number of rotatable bonds is 8. The van der Waals surface area contributed by atoms with Crippen molar-refractivity contribution in [1.82, 2.24) is 15.2 Å². The summed E-state index contributed by atoms with van der Waals surface area (Å²) in [7, 11) is 0. The maximum Gasteiger partial charge on any atom is 0.251 e. The summed E-state index contributed by atoms with van der Waals surface area (Å²) < 4.78 is 11.5. The van der Waals surface area contributed by atoms with E-state index in [1.54, 1.807) is 29.0 Å². The second-order valence-corrected chi connectivity index (χ2v) is 7.87. The van der Waals surface area contributed by atoms with E-state index in [9.17, 15) is 4.79 Å². The molecule has 146 valence electrons. The van der Waals surface area contributed by atoms with Crippen molar-refractivity contribution in [3.8, 4) is 5.75 Å².